The zero-order valence-corrected chi connectivity index (χ0v) is 9.14. The lowest BCUT2D eigenvalue weighted by atomic mass is 10.1. The second-order valence-corrected chi connectivity index (χ2v) is 4.42. The summed E-state index contributed by atoms with van der Waals surface area (Å²) in [5.41, 5.74) is 4.05. The number of aryl methyl sites for hydroxylation is 2. The third-order valence-corrected chi connectivity index (χ3v) is 3.23. The fourth-order valence-corrected chi connectivity index (χ4v) is 2.14. The molecule has 1 aromatic carbocycles. The lowest BCUT2D eigenvalue weighted by Gasteiger charge is -2.14. The molecular formula is C13H19N. The van der Waals surface area contributed by atoms with E-state index in [4.69, 9.17) is 0 Å². The molecule has 0 heterocycles. The van der Waals surface area contributed by atoms with E-state index in [1.165, 1.54) is 42.5 Å². The van der Waals surface area contributed by atoms with Crippen LogP contribution in [0.25, 0.3) is 0 Å². The molecule has 0 aliphatic heterocycles. The molecule has 0 aromatic heterocycles. The maximum Gasteiger partial charge on any atom is 0.0345 e. The minimum absolute atomic E-state index is 0.720. The second kappa shape index (κ2) is 4.04. The zero-order chi connectivity index (χ0) is 9.97. The molecule has 1 aromatic rings. The molecule has 0 bridgehead atoms. The molecule has 1 N–H and O–H groups in total. The van der Waals surface area contributed by atoms with Crippen LogP contribution in [0.2, 0.25) is 0 Å². The second-order valence-electron chi connectivity index (χ2n) is 4.42. The summed E-state index contributed by atoms with van der Waals surface area (Å²) in [5.74, 6) is 0. The first-order valence-electron chi connectivity index (χ1n) is 5.59. The monoisotopic (exact) mass is 189 g/mol. The van der Waals surface area contributed by atoms with E-state index >= 15 is 0 Å². The number of hydrogen-bond acceptors (Lipinski definition) is 1. The first-order chi connectivity index (χ1) is 6.75. The van der Waals surface area contributed by atoms with E-state index in [1.54, 1.807) is 0 Å². The average molecular weight is 189 g/mol. The number of nitrogens with one attached hydrogen (secondary N) is 1. The Balaban J connectivity index is 2.05. The number of hydrogen-bond donors (Lipinski definition) is 1. The summed E-state index contributed by atoms with van der Waals surface area (Å²) in [6.45, 7) is 4.34. The molecule has 2 rings (SSSR count). The van der Waals surface area contributed by atoms with Crippen molar-refractivity contribution >= 4 is 5.69 Å². The Morgan fingerprint density at radius 3 is 2.43 bits per heavy atom. The predicted molar refractivity (Wildman–Crippen MR) is 61.8 cm³/mol. The maximum atomic E-state index is 3.61. The van der Waals surface area contributed by atoms with Gasteiger partial charge in [0.2, 0.25) is 0 Å². The molecular weight excluding hydrogens is 170 g/mol. The van der Waals surface area contributed by atoms with Crippen molar-refractivity contribution in [3.05, 3.63) is 29.3 Å². The molecule has 0 saturated heterocycles. The molecule has 14 heavy (non-hydrogen) atoms. The van der Waals surface area contributed by atoms with Gasteiger partial charge in [-0.25, -0.2) is 0 Å². The maximum absolute atomic E-state index is 3.61. The molecule has 1 aliphatic rings. The van der Waals surface area contributed by atoms with Gasteiger partial charge in [-0.15, -0.1) is 0 Å². The van der Waals surface area contributed by atoms with E-state index in [0.29, 0.717) is 0 Å². The molecule has 1 aliphatic carbocycles. The largest absolute Gasteiger partial charge is 0.382 e. The van der Waals surface area contributed by atoms with E-state index in [1.807, 2.05) is 0 Å². The molecule has 0 radical (unpaired) electrons. The van der Waals surface area contributed by atoms with Gasteiger partial charge in [-0.2, -0.15) is 0 Å². The van der Waals surface area contributed by atoms with Crippen LogP contribution in [0.15, 0.2) is 18.2 Å². The number of anilines is 1. The lowest BCUT2D eigenvalue weighted by molar-refractivity contribution is 0.755. The van der Waals surface area contributed by atoms with Crippen LogP contribution >= 0.6 is 0 Å². The molecule has 1 saturated carbocycles. The van der Waals surface area contributed by atoms with Crippen molar-refractivity contribution < 1.29 is 0 Å². The Hall–Kier alpha value is -0.980. The van der Waals surface area contributed by atoms with Gasteiger partial charge in [0.25, 0.3) is 0 Å². The fourth-order valence-electron chi connectivity index (χ4n) is 2.14. The van der Waals surface area contributed by atoms with Crippen molar-refractivity contribution in [3.63, 3.8) is 0 Å². The van der Waals surface area contributed by atoms with Crippen molar-refractivity contribution in [2.24, 2.45) is 0 Å². The molecule has 1 nitrogen and oxygen atoms in total. The van der Waals surface area contributed by atoms with Gasteiger partial charge < -0.3 is 5.32 Å². The zero-order valence-electron chi connectivity index (χ0n) is 9.14. The fraction of sp³-hybridized carbons (Fsp3) is 0.538. The summed E-state index contributed by atoms with van der Waals surface area (Å²) >= 11 is 0. The van der Waals surface area contributed by atoms with Gasteiger partial charge in [-0.1, -0.05) is 18.9 Å². The Morgan fingerprint density at radius 1 is 1.07 bits per heavy atom. The number of rotatable bonds is 2. The lowest BCUT2D eigenvalue weighted by Crippen LogP contribution is -2.14. The molecule has 1 heteroatoms. The molecule has 0 spiro atoms. The van der Waals surface area contributed by atoms with Gasteiger partial charge in [0.05, 0.1) is 0 Å². The highest BCUT2D eigenvalue weighted by Crippen LogP contribution is 2.23. The van der Waals surface area contributed by atoms with Crippen LogP contribution in [0.3, 0.4) is 0 Å². The van der Waals surface area contributed by atoms with Gasteiger partial charge in [-0.3, -0.25) is 0 Å². The van der Waals surface area contributed by atoms with Gasteiger partial charge in [-0.05, 0) is 49.9 Å². The molecule has 0 unspecified atom stereocenters. The van der Waals surface area contributed by atoms with Crippen LogP contribution in [-0.4, -0.2) is 6.04 Å². The van der Waals surface area contributed by atoms with E-state index in [2.05, 4.69) is 37.4 Å². The quantitative estimate of drug-likeness (QED) is 0.748. The summed E-state index contributed by atoms with van der Waals surface area (Å²) in [4.78, 5) is 0. The van der Waals surface area contributed by atoms with E-state index in [9.17, 15) is 0 Å². The van der Waals surface area contributed by atoms with Crippen molar-refractivity contribution in [2.75, 3.05) is 5.32 Å². The summed E-state index contributed by atoms with van der Waals surface area (Å²) < 4.78 is 0. The number of benzene rings is 1. The van der Waals surface area contributed by atoms with E-state index in [-0.39, 0.29) is 0 Å². The topological polar surface area (TPSA) is 12.0 Å². The Kier molecular flexibility index (Phi) is 2.76. The van der Waals surface area contributed by atoms with Crippen LogP contribution in [0.5, 0.6) is 0 Å². The standard InChI is InChI=1S/C13H19N/c1-10-7-8-13(9-11(10)2)14-12-5-3-4-6-12/h7-9,12,14H,3-6H2,1-2H3. The van der Waals surface area contributed by atoms with Crippen molar-refractivity contribution in [1.82, 2.24) is 0 Å². The van der Waals surface area contributed by atoms with Crippen LogP contribution in [0, 0.1) is 13.8 Å². The molecule has 0 atom stereocenters. The van der Waals surface area contributed by atoms with Crippen LogP contribution in [0.1, 0.15) is 36.8 Å². The normalized spacial score (nSPS) is 17.3. The van der Waals surface area contributed by atoms with Crippen LogP contribution in [-0.2, 0) is 0 Å². The van der Waals surface area contributed by atoms with Gasteiger partial charge in [0.15, 0.2) is 0 Å². The first kappa shape index (κ1) is 9.57. The molecule has 0 amide bonds. The Labute approximate surface area is 86.5 Å². The summed E-state index contributed by atoms with van der Waals surface area (Å²) in [7, 11) is 0. The first-order valence-corrected chi connectivity index (χ1v) is 5.59. The Morgan fingerprint density at radius 2 is 1.79 bits per heavy atom. The highest BCUT2D eigenvalue weighted by atomic mass is 14.9. The smallest absolute Gasteiger partial charge is 0.0345 e. The van der Waals surface area contributed by atoms with E-state index in [0.717, 1.165) is 6.04 Å². The predicted octanol–water partition coefficient (Wildman–Crippen LogP) is 3.66. The van der Waals surface area contributed by atoms with Crippen LogP contribution < -0.4 is 5.32 Å². The minimum Gasteiger partial charge on any atom is -0.382 e. The minimum atomic E-state index is 0.720. The van der Waals surface area contributed by atoms with Crippen molar-refractivity contribution in [1.29, 1.82) is 0 Å². The summed E-state index contributed by atoms with van der Waals surface area (Å²) in [5, 5.41) is 3.61. The molecule has 76 valence electrons. The SMILES string of the molecule is Cc1ccc(NC2CCCC2)cc1C. The van der Waals surface area contributed by atoms with Crippen molar-refractivity contribution in [3.8, 4) is 0 Å². The van der Waals surface area contributed by atoms with Crippen LogP contribution in [0.4, 0.5) is 5.69 Å². The van der Waals surface area contributed by atoms with Gasteiger partial charge in [0, 0.05) is 11.7 Å². The average Bonchev–Trinajstić information content (AvgIpc) is 2.64. The highest BCUT2D eigenvalue weighted by molar-refractivity contribution is 5.48. The summed E-state index contributed by atoms with van der Waals surface area (Å²) in [6.07, 6.45) is 5.46. The summed E-state index contributed by atoms with van der Waals surface area (Å²) in [6, 6.07) is 7.37. The Bertz CT molecular complexity index is 311. The van der Waals surface area contributed by atoms with Gasteiger partial charge in [0.1, 0.15) is 0 Å². The van der Waals surface area contributed by atoms with Gasteiger partial charge >= 0.3 is 0 Å². The van der Waals surface area contributed by atoms with Crippen molar-refractivity contribution in [2.45, 2.75) is 45.6 Å². The molecule has 1 fully saturated rings. The highest BCUT2D eigenvalue weighted by Gasteiger charge is 2.14. The van der Waals surface area contributed by atoms with E-state index < -0.39 is 0 Å². The third kappa shape index (κ3) is 2.09. The third-order valence-electron chi connectivity index (χ3n) is 3.23.